The molecule has 1 aliphatic carbocycles. The third-order valence-electron chi connectivity index (χ3n) is 4.68. The number of nitrogens with zero attached hydrogens (tertiary/aromatic N) is 1. The van der Waals surface area contributed by atoms with Crippen molar-refractivity contribution >= 4 is 17.7 Å². The molecule has 3 N–H and O–H groups in total. The Bertz CT molecular complexity index is 780. The zero-order chi connectivity index (χ0) is 18.0. The van der Waals surface area contributed by atoms with Gasteiger partial charge in [0.2, 0.25) is 0 Å². The van der Waals surface area contributed by atoms with E-state index in [4.69, 9.17) is 11.6 Å². The fraction of sp³-hybridized carbons (Fsp3) is 0.316. The first kappa shape index (κ1) is 17.6. The molecule has 132 valence electrons. The number of phenols is 1. The number of halogens is 1. The maximum absolute atomic E-state index is 11.8. The molecule has 25 heavy (non-hydrogen) atoms. The molecule has 6 heteroatoms. The number of carbonyl (C=O) groups is 1. The van der Waals surface area contributed by atoms with Crippen molar-refractivity contribution in [1.82, 2.24) is 4.90 Å². The van der Waals surface area contributed by atoms with Crippen molar-refractivity contribution in [2.24, 2.45) is 0 Å². The summed E-state index contributed by atoms with van der Waals surface area (Å²) in [6.45, 7) is -0.0194. The molecule has 0 heterocycles. The van der Waals surface area contributed by atoms with Crippen LogP contribution in [0.4, 0.5) is 4.79 Å². The van der Waals surface area contributed by atoms with E-state index in [-0.39, 0.29) is 18.3 Å². The zero-order valence-electron chi connectivity index (χ0n) is 13.6. The Morgan fingerprint density at radius 1 is 1.24 bits per heavy atom. The van der Waals surface area contributed by atoms with Crippen molar-refractivity contribution < 1.29 is 20.1 Å². The van der Waals surface area contributed by atoms with Gasteiger partial charge in [-0.15, -0.1) is 0 Å². The lowest BCUT2D eigenvalue weighted by atomic mass is 9.87. The second kappa shape index (κ2) is 7.33. The van der Waals surface area contributed by atoms with Gasteiger partial charge in [0.15, 0.2) is 0 Å². The predicted molar refractivity (Wildman–Crippen MR) is 95.1 cm³/mol. The minimum absolute atomic E-state index is 0.0194. The van der Waals surface area contributed by atoms with Crippen LogP contribution in [0.15, 0.2) is 42.5 Å². The lowest BCUT2D eigenvalue weighted by Crippen LogP contribution is -2.44. The number of hydrogen-bond acceptors (Lipinski definition) is 3. The molecule has 2 atom stereocenters. The average molecular weight is 362 g/mol. The Kier molecular flexibility index (Phi) is 5.16. The van der Waals surface area contributed by atoms with Gasteiger partial charge in [-0.25, -0.2) is 4.79 Å². The Morgan fingerprint density at radius 2 is 2.04 bits per heavy atom. The number of hydrogen-bond donors (Lipinski definition) is 3. The van der Waals surface area contributed by atoms with Crippen LogP contribution >= 0.6 is 11.6 Å². The van der Waals surface area contributed by atoms with Gasteiger partial charge < -0.3 is 20.2 Å². The summed E-state index contributed by atoms with van der Waals surface area (Å²) in [5.41, 5.74) is 2.68. The topological polar surface area (TPSA) is 81.0 Å². The molecule has 0 bridgehead atoms. The standard InChI is InChI=1S/C19H20ClNO4/c20-15-3-1-2-13(8-15)18(23)11-21(19(24)25)16-6-4-12-5-7-17(22)10-14(12)9-16/h1-3,5,7-8,10,16,18,22-23H,4,6,9,11H2,(H,24,25)/t16-,18-/m0/s1. The van der Waals surface area contributed by atoms with Crippen molar-refractivity contribution in [3.63, 3.8) is 0 Å². The van der Waals surface area contributed by atoms with Gasteiger partial charge in [-0.2, -0.15) is 0 Å². The van der Waals surface area contributed by atoms with Gasteiger partial charge in [0, 0.05) is 11.1 Å². The van der Waals surface area contributed by atoms with Crippen LogP contribution in [0.1, 0.15) is 29.2 Å². The number of fused-ring (bicyclic) bond motifs is 1. The normalized spacial score (nSPS) is 17.6. The van der Waals surface area contributed by atoms with Crippen LogP contribution in [-0.2, 0) is 12.8 Å². The lowest BCUT2D eigenvalue weighted by Gasteiger charge is -2.34. The third kappa shape index (κ3) is 4.06. The number of carboxylic acid groups (broad SMARTS) is 1. The quantitative estimate of drug-likeness (QED) is 0.777. The van der Waals surface area contributed by atoms with Crippen LogP contribution in [0.25, 0.3) is 0 Å². The zero-order valence-corrected chi connectivity index (χ0v) is 14.4. The van der Waals surface area contributed by atoms with E-state index in [2.05, 4.69) is 0 Å². The fourth-order valence-electron chi connectivity index (χ4n) is 3.38. The Hall–Kier alpha value is -2.24. The molecule has 0 aromatic heterocycles. The molecular weight excluding hydrogens is 342 g/mol. The first-order valence-electron chi connectivity index (χ1n) is 8.18. The van der Waals surface area contributed by atoms with Crippen LogP contribution in [0.3, 0.4) is 0 Å². The highest BCUT2D eigenvalue weighted by molar-refractivity contribution is 6.30. The summed E-state index contributed by atoms with van der Waals surface area (Å²) in [6.07, 6.45) is -0.0443. The van der Waals surface area contributed by atoms with Gasteiger partial charge >= 0.3 is 6.09 Å². The number of aromatic hydroxyl groups is 1. The van der Waals surface area contributed by atoms with E-state index in [0.717, 1.165) is 17.5 Å². The maximum atomic E-state index is 11.8. The van der Waals surface area contributed by atoms with Gasteiger partial charge in [-0.1, -0.05) is 29.8 Å². The highest BCUT2D eigenvalue weighted by Crippen LogP contribution is 2.29. The van der Waals surface area contributed by atoms with Crippen LogP contribution in [0.5, 0.6) is 5.75 Å². The molecule has 3 rings (SSSR count). The summed E-state index contributed by atoms with van der Waals surface area (Å²) < 4.78 is 0. The fourth-order valence-corrected chi connectivity index (χ4v) is 3.58. The number of benzene rings is 2. The Labute approximate surface area is 151 Å². The summed E-state index contributed by atoms with van der Waals surface area (Å²) in [6, 6.07) is 11.8. The number of phenolic OH excluding ortho intramolecular Hbond substituents is 1. The summed E-state index contributed by atoms with van der Waals surface area (Å²) in [5.74, 6) is 0.181. The van der Waals surface area contributed by atoms with E-state index in [1.807, 2.05) is 6.07 Å². The van der Waals surface area contributed by atoms with Crippen LogP contribution in [-0.4, -0.2) is 38.9 Å². The lowest BCUT2D eigenvalue weighted by molar-refractivity contribution is 0.0727. The molecule has 0 saturated heterocycles. The first-order valence-corrected chi connectivity index (χ1v) is 8.55. The minimum atomic E-state index is -1.06. The van der Waals surface area contributed by atoms with Crippen molar-refractivity contribution in [3.05, 3.63) is 64.2 Å². The summed E-state index contributed by atoms with van der Waals surface area (Å²) in [4.78, 5) is 13.0. The van der Waals surface area contributed by atoms with E-state index in [9.17, 15) is 20.1 Å². The second-order valence-corrected chi connectivity index (χ2v) is 6.79. The largest absolute Gasteiger partial charge is 0.508 e. The van der Waals surface area contributed by atoms with E-state index < -0.39 is 12.2 Å². The Morgan fingerprint density at radius 3 is 2.76 bits per heavy atom. The van der Waals surface area contributed by atoms with Crippen LogP contribution in [0.2, 0.25) is 5.02 Å². The molecule has 2 aromatic carbocycles. The predicted octanol–water partition coefficient (Wildman–Crippen LogP) is 3.62. The van der Waals surface area contributed by atoms with Gasteiger partial charge in [-0.05, 0) is 60.2 Å². The molecule has 0 saturated carbocycles. The van der Waals surface area contributed by atoms with Crippen LogP contribution < -0.4 is 0 Å². The number of aliphatic hydroxyl groups excluding tert-OH is 1. The van der Waals surface area contributed by atoms with Gasteiger partial charge in [0.25, 0.3) is 0 Å². The van der Waals surface area contributed by atoms with Crippen molar-refractivity contribution in [1.29, 1.82) is 0 Å². The summed E-state index contributed by atoms with van der Waals surface area (Å²) in [7, 11) is 0. The molecule has 1 amide bonds. The van der Waals surface area contributed by atoms with Crippen molar-refractivity contribution in [2.75, 3.05) is 6.54 Å². The molecule has 0 aliphatic heterocycles. The average Bonchev–Trinajstić information content (AvgIpc) is 2.58. The molecule has 0 unspecified atom stereocenters. The van der Waals surface area contributed by atoms with Gasteiger partial charge in [-0.3, -0.25) is 0 Å². The highest BCUT2D eigenvalue weighted by Gasteiger charge is 2.29. The molecule has 5 nitrogen and oxygen atoms in total. The van der Waals surface area contributed by atoms with E-state index >= 15 is 0 Å². The Balaban J connectivity index is 1.76. The first-order chi connectivity index (χ1) is 11.9. The summed E-state index contributed by atoms with van der Waals surface area (Å²) in [5, 5.41) is 30.2. The number of amides is 1. The van der Waals surface area contributed by atoms with E-state index in [1.54, 1.807) is 36.4 Å². The van der Waals surface area contributed by atoms with Gasteiger partial charge in [0.1, 0.15) is 5.75 Å². The van der Waals surface area contributed by atoms with Gasteiger partial charge in [0.05, 0.1) is 12.6 Å². The minimum Gasteiger partial charge on any atom is -0.508 e. The SMILES string of the molecule is O=C(O)N(C[C@H](O)c1cccc(Cl)c1)[C@H]1CCc2ccc(O)cc2C1. The highest BCUT2D eigenvalue weighted by atomic mass is 35.5. The molecule has 0 spiro atoms. The third-order valence-corrected chi connectivity index (χ3v) is 4.92. The maximum Gasteiger partial charge on any atom is 0.407 e. The molecule has 2 aromatic rings. The van der Waals surface area contributed by atoms with E-state index in [0.29, 0.717) is 23.4 Å². The molecule has 0 radical (unpaired) electrons. The summed E-state index contributed by atoms with van der Waals surface area (Å²) >= 11 is 5.94. The monoisotopic (exact) mass is 361 g/mol. The molecular formula is C19H20ClNO4. The number of aliphatic hydroxyl groups is 1. The molecule has 0 fully saturated rings. The van der Waals surface area contributed by atoms with Crippen LogP contribution in [0, 0.1) is 0 Å². The van der Waals surface area contributed by atoms with Crippen molar-refractivity contribution in [2.45, 2.75) is 31.4 Å². The number of rotatable bonds is 4. The smallest absolute Gasteiger partial charge is 0.407 e. The van der Waals surface area contributed by atoms with E-state index in [1.165, 1.54) is 4.90 Å². The van der Waals surface area contributed by atoms with Crippen molar-refractivity contribution in [3.8, 4) is 5.75 Å². The molecule has 1 aliphatic rings. The second-order valence-electron chi connectivity index (χ2n) is 6.36. The number of aryl methyl sites for hydroxylation is 1.